The van der Waals surface area contributed by atoms with Gasteiger partial charge in [-0.3, -0.25) is 0 Å². The van der Waals surface area contributed by atoms with Gasteiger partial charge in [-0.2, -0.15) is 0 Å². The van der Waals surface area contributed by atoms with E-state index >= 15 is 0 Å². The molecule has 6 heteroatoms. The highest BCUT2D eigenvalue weighted by atomic mass is 79.9. The average molecular weight is 405 g/mol. The van der Waals surface area contributed by atoms with E-state index in [1.165, 1.54) is 5.56 Å². The number of rotatable bonds is 2. The van der Waals surface area contributed by atoms with Gasteiger partial charge in [0.25, 0.3) is 0 Å². The second kappa shape index (κ2) is 5.72. The SMILES string of the molecule is NS(=O)(=O)c1ccc2c(c1)C1C=CCC1[C@@H](c1ccc(Br)cc1)N2. The Morgan fingerprint density at radius 1 is 1.12 bits per heavy atom. The Morgan fingerprint density at radius 2 is 1.88 bits per heavy atom. The van der Waals surface area contributed by atoms with E-state index in [1.54, 1.807) is 12.1 Å². The Morgan fingerprint density at radius 3 is 2.58 bits per heavy atom. The number of sulfonamides is 1. The molecule has 0 aromatic heterocycles. The fraction of sp³-hybridized carbons (Fsp3) is 0.222. The molecular formula is C18H17BrN2O2S. The van der Waals surface area contributed by atoms with Crippen molar-refractivity contribution in [3.8, 4) is 0 Å². The molecule has 1 aliphatic carbocycles. The minimum Gasteiger partial charge on any atom is -0.378 e. The summed E-state index contributed by atoms with van der Waals surface area (Å²) in [6, 6.07) is 13.7. The molecule has 0 bridgehead atoms. The fourth-order valence-corrected chi connectivity index (χ4v) is 4.56. The van der Waals surface area contributed by atoms with Crippen molar-refractivity contribution in [2.45, 2.75) is 23.3 Å². The van der Waals surface area contributed by atoms with Crippen molar-refractivity contribution in [2.24, 2.45) is 11.1 Å². The summed E-state index contributed by atoms with van der Waals surface area (Å²) in [7, 11) is -3.69. The third kappa shape index (κ3) is 2.68. The summed E-state index contributed by atoms with van der Waals surface area (Å²) in [6.07, 6.45) is 5.34. The third-order valence-corrected chi connectivity index (χ3v) is 6.33. The maximum atomic E-state index is 11.7. The van der Waals surface area contributed by atoms with Crippen LogP contribution < -0.4 is 10.5 Å². The average Bonchev–Trinajstić information content (AvgIpc) is 3.03. The van der Waals surface area contributed by atoms with E-state index in [0.717, 1.165) is 22.1 Å². The van der Waals surface area contributed by atoms with Crippen LogP contribution in [-0.2, 0) is 10.0 Å². The molecule has 3 atom stereocenters. The molecule has 2 aliphatic rings. The number of benzene rings is 2. The zero-order valence-electron chi connectivity index (χ0n) is 12.8. The summed E-state index contributed by atoms with van der Waals surface area (Å²) in [5.41, 5.74) is 3.22. The highest BCUT2D eigenvalue weighted by molar-refractivity contribution is 9.10. The first-order chi connectivity index (χ1) is 11.4. The first kappa shape index (κ1) is 15.9. The molecule has 0 amide bonds. The zero-order chi connectivity index (χ0) is 16.9. The Hall–Kier alpha value is -1.63. The predicted molar refractivity (Wildman–Crippen MR) is 98.3 cm³/mol. The summed E-state index contributed by atoms with van der Waals surface area (Å²) in [5, 5.41) is 8.88. The van der Waals surface area contributed by atoms with Crippen molar-refractivity contribution in [2.75, 3.05) is 5.32 Å². The van der Waals surface area contributed by atoms with Crippen LogP contribution in [0.2, 0.25) is 0 Å². The van der Waals surface area contributed by atoms with E-state index in [1.807, 2.05) is 18.2 Å². The van der Waals surface area contributed by atoms with Crippen LogP contribution in [0.3, 0.4) is 0 Å². The maximum absolute atomic E-state index is 11.7. The van der Waals surface area contributed by atoms with Crippen molar-refractivity contribution >= 4 is 31.6 Å². The first-order valence-corrected chi connectivity index (χ1v) is 10.1. The van der Waals surface area contributed by atoms with Crippen molar-refractivity contribution in [1.82, 2.24) is 0 Å². The Kier molecular flexibility index (Phi) is 3.78. The van der Waals surface area contributed by atoms with E-state index in [9.17, 15) is 8.42 Å². The number of hydrogen-bond donors (Lipinski definition) is 2. The summed E-state index contributed by atoms with van der Waals surface area (Å²) >= 11 is 3.48. The summed E-state index contributed by atoms with van der Waals surface area (Å²) in [4.78, 5) is 0.171. The molecule has 2 unspecified atom stereocenters. The van der Waals surface area contributed by atoms with Gasteiger partial charge in [0.1, 0.15) is 0 Å². The number of nitrogens with two attached hydrogens (primary N) is 1. The van der Waals surface area contributed by atoms with Crippen molar-refractivity contribution in [3.05, 3.63) is 70.2 Å². The molecule has 1 aliphatic heterocycles. The van der Waals surface area contributed by atoms with Gasteiger partial charge in [-0.15, -0.1) is 0 Å². The van der Waals surface area contributed by atoms with Gasteiger partial charge in [0.2, 0.25) is 10.0 Å². The van der Waals surface area contributed by atoms with Crippen LogP contribution in [0.4, 0.5) is 5.69 Å². The van der Waals surface area contributed by atoms with Gasteiger partial charge < -0.3 is 5.32 Å². The lowest BCUT2D eigenvalue weighted by Gasteiger charge is -2.37. The lowest BCUT2D eigenvalue weighted by molar-refractivity contribution is 0.425. The van der Waals surface area contributed by atoms with Gasteiger partial charge in [0.15, 0.2) is 0 Å². The van der Waals surface area contributed by atoms with Crippen LogP contribution >= 0.6 is 15.9 Å². The summed E-state index contributed by atoms with van der Waals surface area (Å²) in [6.45, 7) is 0. The molecule has 1 heterocycles. The van der Waals surface area contributed by atoms with Crippen LogP contribution in [0.5, 0.6) is 0 Å². The molecule has 4 rings (SSSR count). The standard InChI is InChI=1S/C18H17BrN2O2S/c19-12-6-4-11(5-7-12)18-15-3-1-2-14(15)16-10-13(24(20,22)23)8-9-17(16)21-18/h1-2,4-10,14-15,18,21H,3H2,(H2,20,22,23)/t14?,15?,18-/m1/s1. The molecule has 0 saturated carbocycles. The lowest BCUT2D eigenvalue weighted by Crippen LogP contribution is -2.29. The van der Waals surface area contributed by atoms with Gasteiger partial charge in [-0.05, 0) is 53.8 Å². The smallest absolute Gasteiger partial charge is 0.238 e. The van der Waals surface area contributed by atoms with Gasteiger partial charge in [-0.25, -0.2) is 13.6 Å². The monoisotopic (exact) mass is 404 g/mol. The first-order valence-electron chi connectivity index (χ1n) is 7.79. The number of hydrogen-bond acceptors (Lipinski definition) is 3. The highest BCUT2D eigenvalue weighted by Crippen LogP contribution is 2.50. The number of primary sulfonamides is 1. The van der Waals surface area contributed by atoms with Gasteiger partial charge in [0, 0.05) is 16.1 Å². The third-order valence-electron chi connectivity index (χ3n) is 4.89. The number of nitrogens with one attached hydrogen (secondary N) is 1. The lowest BCUT2D eigenvalue weighted by atomic mass is 9.77. The number of halogens is 1. The van der Waals surface area contributed by atoms with Crippen molar-refractivity contribution < 1.29 is 8.42 Å². The van der Waals surface area contributed by atoms with Crippen LogP contribution in [0.15, 0.2) is 64.0 Å². The molecule has 0 spiro atoms. The molecule has 0 fully saturated rings. The fourth-order valence-electron chi connectivity index (χ4n) is 3.75. The largest absolute Gasteiger partial charge is 0.378 e. The van der Waals surface area contributed by atoms with Crippen LogP contribution in [0, 0.1) is 5.92 Å². The number of anilines is 1. The predicted octanol–water partition coefficient (Wildman–Crippen LogP) is 3.92. The molecule has 124 valence electrons. The molecule has 0 saturated heterocycles. The molecule has 2 aromatic rings. The zero-order valence-corrected chi connectivity index (χ0v) is 15.2. The molecule has 2 aromatic carbocycles. The maximum Gasteiger partial charge on any atom is 0.238 e. The molecular weight excluding hydrogens is 388 g/mol. The van der Waals surface area contributed by atoms with Crippen LogP contribution in [-0.4, -0.2) is 8.42 Å². The van der Waals surface area contributed by atoms with E-state index in [2.05, 4.69) is 45.5 Å². The second-order valence-corrected chi connectivity index (χ2v) is 8.80. The Labute approximate surface area is 149 Å². The van der Waals surface area contributed by atoms with Crippen molar-refractivity contribution in [3.63, 3.8) is 0 Å². The van der Waals surface area contributed by atoms with E-state index in [0.29, 0.717) is 5.92 Å². The minimum atomic E-state index is -3.69. The molecule has 4 nitrogen and oxygen atoms in total. The number of fused-ring (bicyclic) bond motifs is 3. The summed E-state index contributed by atoms with van der Waals surface area (Å²) in [5.74, 6) is 0.575. The quantitative estimate of drug-likeness (QED) is 0.744. The molecule has 3 N–H and O–H groups in total. The Bertz CT molecular complexity index is 923. The van der Waals surface area contributed by atoms with E-state index in [4.69, 9.17) is 5.14 Å². The normalized spacial score (nSPS) is 25.0. The molecule has 24 heavy (non-hydrogen) atoms. The minimum absolute atomic E-state index is 0.171. The van der Waals surface area contributed by atoms with E-state index < -0.39 is 10.0 Å². The topological polar surface area (TPSA) is 72.2 Å². The van der Waals surface area contributed by atoms with Crippen LogP contribution in [0.25, 0.3) is 0 Å². The van der Waals surface area contributed by atoms with Gasteiger partial charge >= 0.3 is 0 Å². The number of allylic oxidation sites excluding steroid dienone is 2. The van der Waals surface area contributed by atoms with Gasteiger partial charge in [-0.1, -0.05) is 40.2 Å². The second-order valence-electron chi connectivity index (χ2n) is 6.32. The van der Waals surface area contributed by atoms with Crippen LogP contribution in [0.1, 0.15) is 29.5 Å². The summed E-state index contributed by atoms with van der Waals surface area (Å²) < 4.78 is 24.4. The highest BCUT2D eigenvalue weighted by Gasteiger charge is 2.38. The van der Waals surface area contributed by atoms with E-state index in [-0.39, 0.29) is 16.9 Å². The van der Waals surface area contributed by atoms with Gasteiger partial charge in [0.05, 0.1) is 10.9 Å². The molecule has 0 radical (unpaired) electrons. The van der Waals surface area contributed by atoms with Crippen molar-refractivity contribution in [1.29, 1.82) is 0 Å². The Balaban J connectivity index is 1.79.